The van der Waals surface area contributed by atoms with Crippen LogP contribution in [-0.4, -0.2) is 46.3 Å². The summed E-state index contributed by atoms with van der Waals surface area (Å²) in [6.07, 6.45) is 4.35. The number of benzene rings is 2. The Kier molecular flexibility index (Phi) is 7.82. The molecule has 158 valence electrons. The van der Waals surface area contributed by atoms with Gasteiger partial charge in [-0.25, -0.2) is 4.79 Å². The maximum Gasteiger partial charge on any atom is 0.319 e. The Labute approximate surface area is 174 Å². The standard InChI is InChI=1S/C22H26N4O4/c27-10-4-12-30-21-13-17(18-14-23-24-15-18)7-8-20(21)26-22(29)25-19(9-11-28)16-5-2-1-3-6-16/h1-3,5-8,13-15,19,27-28H,4,9-12H2,(H,23,24)(H2,25,26,29). The molecule has 0 saturated heterocycles. The summed E-state index contributed by atoms with van der Waals surface area (Å²) in [6, 6.07) is 14.2. The van der Waals surface area contributed by atoms with E-state index in [1.807, 2.05) is 42.5 Å². The molecule has 0 aliphatic carbocycles. The molecular formula is C22H26N4O4. The van der Waals surface area contributed by atoms with Crippen molar-refractivity contribution in [1.29, 1.82) is 0 Å². The summed E-state index contributed by atoms with van der Waals surface area (Å²) in [6.45, 7) is 0.290. The number of aliphatic hydroxyl groups is 2. The molecule has 0 spiro atoms. The zero-order valence-electron chi connectivity index (χ0n) is 16.5. The fourth-order valence-corrected chi connectivity index (χ4v) is 3.03. The SMILES string of the molecule is O=C(Nc1ccc(-c2cn[nH]c2)cc1OCCCO)NC(CCO)c1ccccc1. The molecule has 0 aliphatic heterocycles. The van der Waals surface area contributed by atoms with Gasteiger partial charge in [-0.1, -0.05) is 36.4 Å². The maximum atomic E-state index is 12.7. The Bertz CT molecular complexity index is 916. The fourth-order valence-electron chi connectivity index (χ4n) is 3.03. The number of aliphatic hydroxyl groups excluding tert-OH is 2. The molecule has 1 heterocycles. The van der Waals surface area contributed by atoms with E-state index in [9.17, 15) is 9.90 Å². The number of hydrogen-bond acceptors (Lipinski definition) is 5. The number of hydrogen-bond donors (Lipinski definition) is 5. The van der Waals surface area contributed by atoms with Crippen molar-refractivity contribution < 1.29 is 19.7 Å². The third-order valence-electron chi connectivity index (χ3n) is 4.55. The van der Waals surface area contributed by atoms with Crippen molar-refractivity contribution in [3.8, 4) is 16.9 Å². The first kappa shape index (κ1) is 21.4. The number of ether oxygens (including phenoxy) is 1. The first-order valence-corrected chi connectivity index (χ1v) is 9.81. The van der Waals surface area contributed by atoms with Crippen molar-refractivity contribution in [2.75, 3.05) is 25.1 Å². The minimum atomic E-state index is -0.402. The van der Waals surface area contributed by atoms with E-state index in [1.54, 1.807) is 18.5 Å². The summed E-state index contributed by atoms with van der Waals surface area (Å²) in [4.78, 5) is 12.7. The lowest BCUT2D eigenvalue weighted by Crippen LogP contribution is -2.33. The highest BCUT2D eigenvalue weighted by atomic mass is 16.5. The van der Waals surface area contributed by atoms with E-state index >= 15 is 0 Å². The average molecular weight is 410 g/mol. The van der Waals surface area contributed by atoms with E-state index < -0.39 is 6.03 Å². The normalized spacial score (nSPS) is 11.7. The van der Waals surface area contributed by atoms with E-state index in [2.05, 4.69) is 20.8 Å². The number of aromatic nitrogens is 2. The largest absolute Gasteiger partial charge is 0.491 e. The molecule has 30 heavy (non-hydrogen) atoms. The van der Waals surface area contributed by atoms with Crippen LogP contribution >= 0.6 is 0 Å². The molecule has 0 saturated carbocycles. The summed E-state index contributed by atoms with van der Waals surface area (Å²) in [5.41, 5.74) is 3.20. The molecule has 0 bridgehead atoms. The van der Waals surface area contributed by atoms with Gasteiger partial charge in [0, 0.05) is 31.4 Å². The zero-order chi connectivity index (χ0) is 21.2. The highest BCUT2D eigenvalue weighted by Gasteiger charge is 2.16. The molecule has 1 aromatic heterocycles. The lowest BCUT2D eigenvalue weighted by Gasteiger charge is -2.20. The molecule has 8 heteroatoms. The van der Waals surface area contributed by atoms with E-state index in [-0.39, 0.29) is 19.3 Å². The van der Waals surface area contributed by atoms with Crippen molar-refractivity contribution in [3.63, 3.8) is 0 Å². The number of carbonyl (C=O) groups excluding carboxylic acids is 1. The second-order valence-corrected chi connectivity index (χ2v) is 6.70. The molecular weight excluding hydrogens is 384 g/mol. The van der Waals surface area contributed by atoms with Gasteiger partial charge in [0.25, 0.3) is 0 Å². The zero-order valence-corrected chi connectivity index (χ0v) is 16.5. The Balaban J connectivity index is 1.75. The van der Waals surface area contributed by atoms with Crippen LogP contribution in [0.3, 0.4) is 0 Å². The molecule has 8 nitrogen and oxygen atoms in total. The molecule has 1 atom stereocenters. The van der Waals surface area contributed by atoms with Crippen molar-refractivity contribution in [2.24, 2.45) is 0 Å². The van der Waals surface area contributed by atoms with Gasteiger partial charge in [-0.15, -0.1) is 0 Å². The van der Waals surface area contributed by atoms with Crippen LogP contribution in [0, 0.1) is 0 Å². The monoisotopic (exact) mass is 410 g/mol. The third-order valence-corrected chi connectivity index (χ3v) is 4.55. The topological polar surface area (TPSA) is 120 Å². The van der Waals surface area contributed by atoms with Crippen LogP contribution in [0.25, 0.3) is 11.1 Å². The highest BCUT2D eigenvalue weighted by molar-refractivity contribution is 5.91. The summed E-state index contributed by atoms with van der Waals surface area (Å²) in [5, 5.41) is 30.8. The first-order chi connectivity index (χ1) is 14.7. The fraction of sp³-hybridized carbons (Fsp3) is 0.273. The predicted octanol–water partition coefficient (Wildman–Crippen LogP) is 3.08. The first-order valence-electron chi connectivity index (χ1n) is 9.81. The molecule has 0 fully saturated rings. The smallest absolute Gasteiger partial charge is 0.319 e. The van der Waals surface area contributed by atoms with E-state index in [0.717, 1.165) is 16.7 Å². The maximum absolute atomic E-state index is 12.7. The molecule has 3 rings (SSSR count). The number of rotatable bonds is 10. The van der Waals surface area contributed by atoms with Gasteiger partial charge >= 0.3 is 6.03 Å². The summed E-state index contributed by atoms with van der Waals surface area (Å²) < 4.78 is 5.78. The van der Waals surface area contributed by atoms with Crippen molar-refractivity contribution in [1.82, 2.24) is 15.5 Å². The van der Waals surface area contributed by atoms with Gasteiger partial charge in [-0.05, 0) is 29.7 Å². The van der Waals surface area contributed by atoms with Crippen LogP contribution in [-0.2, 0) is 0 Å². The van der Waals surface area contributed by atoms with Gasteiger partial charge in [0.05, 0.1) is 24.5 Å². The Morgan fingerprint density at radius 2 is 1.93 bits per heavy atom. The summed E-state index contributed by atoms with van der Waals surface area (Å²) in [7, 11) is 0. The number of anilines is 1. The van der Waals surface area contributed by atoms with Crippen LogP contribution < -0.4 is 15.4 Å². The molecule has 5 N–H and O–H groups in total. The van der Waals surface area contributed by atoms with Crippen LogP contribution in [0.2, 0.25) is 0 Å². The number of carbonyl (C=O) groups is 1. The lowest BCUT2D eigenvalue weighted by molar-refractivity contribution is 0.232. The third kappa shape index (κ3) is 5.82. The highest BCUT2D eigenvalue weighted by Crippen LogP contribution is 2.31. The summed E-state index contributed by atoms with van der Waals surface area (Å²) >= 11 is 0. The Hall–Kier alpha value is -3.36. The van der Waals surface area contributed by atoms with Gasteiger partial charge in [-0.2, -0.15) is 5.10 Å². The number of aromatic amines is 1. The second-order valence-electron chi connectivity index (χ2n) is 6.70. The van der Waals surface area contributed by atoms with E-state index in [1.165, 1.54) is 0 Å². The minimum Gasteiger partial charge on any atom is -0.491 e. The van der Waals surface area contributed by atoms with Crippen LogP contribution in [0.5, 0.6) is 5.75 Å². The number of nitrogens with zero attached hydrogens (tertiary/aromatic N) is 1. The van der Waals surface area contributed by atoms with Gasteiger partial charge in [-0.3, -0.25) is 5.10 Å². The molecule has 0 radical (unpaired) electrons. The molecule has 2 amide bonds. The van der Waals surface area contributed by atoms with Crippen LogP contribution in [0.15, 0.2) is 60.9 Å². The second kappa shape index (κ2) is 11.0. The van der Waals surface area contributed by atoms with Gasteiger partial charge in [0.2, 0.25) is 0 Å². The molecule has 0 aliphatic rings. The van der Waals surface area contributed by atoms with Crippen molar-refractivity contribution in [3.05, 3.63) is 66.5 Å². The summed E-state index contributed by atoms with van der Waals surface area (Å²) in [5.74, 6) is 0.496. The average Bonchev–Trinajstić information content (AvgIpc) is 3.30. The number of urea groups is 1. The van der Waals surface area contributed by atoms with Crippen molar-refractivity contribution >= 4 is 11.7 Å². The Morgan fingerprint density at radius 1 is 1.10 bits per heavy atom. The molecule has 1 unspecified atom stereocenters. The lowest BCUT2D eigenvalue weighted by atomic mass is 10.0. The Morgan fingerprint density at radius 3 is 2.63 bits per heavy atom. The quantitative estimate of drug-likeness (QED) is 0.329. The predicted molar refractivity (Wildman–Crippen MR) is 114 cm³/mol. The number of H-pyrrole nitrogens is 1. The molecule has 2 aromatic carbocycles. The van der Waals surface area contributed by atoms with Crippen LogP contribution in [0.4, 0.5) is 10.5 Å². The van der Waals surface area contributed by atoms with Gasteiger partial charge < -0.3 is 25.6 Å². The van der Waals surface area contributed by atoms with E-state index in [0.29, 0.717) is 30.9 Å². The minimum absolute atomic E-state index is 0.0184. The van der Waals surface area contributed by atoms with Crippen molar-refractivity contribution in [2.45, 2.75) is 18.9 Å². The van der Waals surface area contributed by atoms with Gasteiger partial charge in [0.15, 0.2) is 0 Å². The number of amides is 2. The van der Waals surface area contributed by atoms with Gasteiger partial charge in [0.1, 0.15) is 5.75 Å². The number of nitrogens with one attached hydrogen (secondary N) is 3. The van der Waals surface area contributed by atoms with Crippen LogP contribution in [0.1, 0.15) is 24.4 Å². The molecule has 3 aromatic rings. The van der Waals surface area contributed by atoms with E-state index in [4.69, 9.17) is 9.84 Å².